The van der Waals surface area contributed by atoms with Gasteiger partial charge in [0.2, 0.25) is 5.91 Å². The molecule has 0 bridgehead atoms. The lowest BCUT2D eigenvalue weighted by molar-refractivity contribution is -0.119. The van der Waals surface area contributed by atoms with Gasteiger partial charge in [-0.15, -0.1) is 10.2 Å². The van der Waals surface area contributed by atoms with Crippen LogP contribution in [0.25, 0.3) is 11.4 Å². The fourth-order valence-corrected chi connectivity index (χ4v) is 4.78. The summed E-state index contributed by atoms with van der Waals surface area (Å²) in [5.74, 6) is 0.655. The molecule has 6 nitrogen and oxygen atoms in total. The smallest absolute Gasteiger partial charge is 0.231 e. The van der Waals surface area contributed by atoms with Crippen LogP contribution in [0.5, 0.6) is 0 Å². The Bertz CT molecular complexity index is 1100. The van der Waals surface area contributed by atoms with Crippen molar-refractivity contribution >= 4 is 29.3 Å². The number of nitrogens with zero attached hydrogens (tertiary/aromatic N) is 4. The van der Waals surface area contributed by atoms with Gasteiger partial charge in [0, 0.05) is 5.56 Å². The van der Waals surface area contributed by atoms with E-state index in [9.17, 15) is 10.1 Å². The molecule has 0 atom stereocenters. The molecule has 0 aliphatic heterocycles. The molecule has 2 aromatic carbocycles. The van der Waals surface area contributed by atoms with E-state index in [4.69, 9.17) is 11.6 Å². The largest absolute Gasteiger partial charge is 0.337 e. The van der Waals surface area contributed by atoms with Gasteiger partial charge in [0.1, 0.15) is 5.54 Å². The minimum Gasteiger partial charge on any atom is -0.337 e. The van der Waals surface area contributed by atoms with Gasteiger partial charge >= 0.3 is 0 Å². The molecule has 1 heterocycles. The SMILES string of the molecule is N#CC1(NC(=O)CSc2nnc(-c3ccccc3Cl)n2Cc2ccccc2)CCCC1. The Labute approximate surface area is 190 Å². The monoisotopic (exact) mass is 451 g/mol. The molecule has 1 fully saturated rings. The summed E-state index contributed by atoms with van der Waals surface area (Å²) >= 11 is 7.73. The Balaban J connectivity index is 1.56. The summed E-state index contributed by atoms with van der Waals surface area (Å²) in [6.45, 7) is 0.556. The number of amides is 1. The maximum absolute atomic E-state index is 12.6. The Morgan fingerprint density at radius 1 is 1.13 bits per heavy atom. The topological polar surface area (TPSA) is 83.6 Å². The second kappa shape index (κ2) is 9.54. The van der Waals surface area contributed by atoms with Gasteiger partial charge in [-0.3, -0.25) is 9.36 Å². The van der Waals surface area contributed by atoms with Gasteiger partial charge in [-0.05, 0) is 43.4 Å². The lowest BCUT2D eigenvalue weighted by Crippen LogP contribution is -2.45. The molecule has 8 heteroatoms. The summed E-state index contributed by atoms with van der Waals surface area (Å²) in [5.41, 5.74) is 1.16. The molecule has 1 aliphatic carbocycles. The van der Waals surface area contributed by atoms with Gasteiger partial charge in [0.25, 0.3) is 0 Å². The van der Waals surface area contributed by atoms with E-state index >= 15 is 0 Å². The number of halogens is 1. The van der Waals surface area contributed by atoms with Crippen LogP contribution >= 0.6 is 23.4 Å². The molecular weight excluding hydrogens is 430 g/mol. The van der Waals surface area contributed by atoms with Crippen molar-refractivity contribution < 1.29 is 4.79 Å². The molecule has 31 heavy (non-hydrogen) atoms. The standard InChI is InChI=1S/C23H22ClN5OS/c24-19-11-5-4-10-18(19)21-27-28-22(29(21)14-17-8-2-1-3-9-17)31-15-20(30)26-23(16-25)12-6-7-13-23/h1-5,8-11H,6-7,12-15H2,(H,26,30). The highest BCUT2D eigenvalue weighted by Gasteiger charge is 2.35. The maximum atomic E-state index is 12.6. The van der Waals surface area contributed by atoms with E-state index < -0.39 is 5.54 Å². The number of nitrogens with one attached hydrogen (secondary N) is 1. The normalized spacial score (nSPS) is 14.8. The number of thioether (sulfide) groups is 1. The van der Waals surface area contributed by atoms with Crippen LogP contribution in [0, 0.1) is 11.3 Å². The van der Waals surface area contributed by atoms with E-state index in [-0.39, 0.29) is 11.7 Å². The van der Waals surface area contributed by atoms with Crippen LogP contribution in [0.1, 0.15) is 31.2 Å². The number of nitriles is 1. The lowest BCUT2D eigenvalue weighted by Gasteiger charge is -2.21. The molecule has 158 valence electrons. The molecule has 0 spiro atoms. The number of aromatic nitrogens is 3. The molecule has 0 unspecified atom stereocenters. The van der Waals surface area contributed by atoms with E-state index in [0.717, 1.165) is 24.0 Å². The molecular formula is C23H22ClN5OS. The highest BCUT2D eigenvalue weighted by atomic mass is 35.5. The first-order valence-corrected chi connectivity index (χ1v) is 11.5. The van der Waals surface area contributed by atoms with Crippen LogP contribution < -0.4 is 5.32 Å². The molecule has 1 aliphatic rings. The summed E-state index contributed by atoms with van der Waals surface area (Å²) in [4.78, 5) is 12.6. The predicted octanol–water partition coefficient (Wildman–Crippen LogP) is 4.69. The summed E-state index contributed by atoms with van der Waals surface area (Å²) in [6, 6.07) is 19.8. The molecule has 1 N–H and O–H groups in total. The summed E-state index contributed by atoms with van der Waals surface area (Å²) < 4.78 is 1.98. The Morgan fingerprint density at radius 3 is 2.55 bits per heavy atom. The Kier molecular flexibility index (Phi) is 6.59. The Morgan fingerprint density at radius 2 is 1.84 bits per heavy atom. The van der Waals surface area contributed by atoms with Crippen molar-refractivity contribution in [3.05, 3.63) is 65.2 Å². The van der Waals surface area contributed by atoms with Crippen molar-refractivity contribution in [2.45, 2.75) is 42.9 Å². The third-order valence-electron chi connectivity index (χ3n) is 5.40. The van der Waals surface area contributed by atoms with Crippen molar-refractivity contribution in [3.8, 4) is 17.5 Å². The lowest BCUT2D eigenvalue weighted by atomic mass is 10.0. The quantitative estimate of drug-likeness (QED) is 0.527. The average molecular weight is 452 g/mol. The Hall–Kier alpha value is -2.82. The van der Waals surface area contributed by atoms with E-state index in [1.54, 1.807) is 0 Å². The van der Waals surface area contributed by atoms with Gasteiger partial charge in [-0.1, -0.05) is 65.8 Å². The third-order valence-corrected chi connectivity index (χ3v) is 6.69. The minimum atomic E-state index is -0.724. The summed E-state index contributed by atoms with van der Waals surface area (Å²) in [6.07, 6.45) is 3.35. The van der Waals surface area contributed by atoms with Crippen LogP contribution in [0.15, 0.2) is 59.8 Å². The van der Waals surface area contributed by atoms with Gasteiger partial charge in [-0.25, -0.2) is 0 Å². The van der Waals surface area contributed by atoms with Crippen LogP contribution in [-0.4, -0.2) is 32.0 Å². The number of benzene rings is 2. The van der Waals surface area contributed by atoms with E-state index in [1.165, 1.54) is 11.8 Å². The number of carbonyl (C=O) groups is 1. The first-order valence-electron chi connectivity index (χ1n) is 10.2. The number of hydrogen-bond donors (Lipinski definition) is 1. The van der Waals surface area contributed by atoms with Crippen molar-refractivity contribution in [2.24, 2.45) is 0 Å². The molecule has 0 saturated heterocycles. The molecule has 3 aromatic rings. The molecule has 4 rings (SSSR count). The maximum Gasteiger partial charge on any atom is 0.231 e. The van der Waals surface area contributed by atoms with Crippen LogP contribution in [0.4, 0.5) is 0 Å². The second-order valence-corrected chi connectivity index (χ2v) is 8.95. The predicted molar refractivity (Wildman–Crippen MR) is 122 cm³/mol. The highest BCUT2D eigenvalue weighted by molar-refractivity contribution is 7.99. The van der Waals surface area contributed by atoms with Crippen molar-refractivity contribution in [2.75, 3.05) is 5.75 Å². The first-order chi connectivity index (χ1) is 15.1. The van der Waals surface area contributed by atoms with Crippen molar-refractivity contribution in [1.29, 1.82) is 5.26 Å². The average Bonchev–Trinajstić information content (AvgIpc) is 3.41. The van der Waals surface area contributed by atoms with Gasteiger partial charge in [0.15, 0.2) is 11.0 Å². The zero-order chi connectivity index (χ0) is 21.7. The molecule has 1 aromatic heterocycles. The van der Waals surface area contributed by atoms with Gasteiger partial charge in [-0.2, -0.15) is 5.26 Å². The zero-order valence-electron chi connectivity index (χ0n) is 16.9. The van der Waals surface area contributed by atoms with Crippen LogP contribution in [0.3, 0.4) is 0 Å². The highest BCUT2D eigenvalue weighted by Crippen LogP contribution is 2.31. The summed E-state index contributed by atoms with van der Waals surface area (Å²) in [5, 5.41) is 22.4. The number of hydrogen-bond acceptors (Lipinski definition) is 5. The molecule has 1 saturated carbocycles. The first kappa shape index (κ1) is 21.4. The van der Waals surface area contributed by atoms with Crippen LogP contribution in [0.2, 0.25) is 5.02 Å². The van der Waals surface area contributed by atoms with Gasteiger partial charge in [0.05, 0.1) is 23.4 Å². The molecule has 1 amide bonds. The van der Waals surface area contributed by atoms with E-state index in [2.05, 4.69) is 21.6 Å². The molecule has 0 radical (unpaired) electrons. The van der Waals surface area contributed by atoms with E-state index in [0.29, 0.717) is 35.4 Å². The second-order valence-electron chi connectivity index (χ2n) is 7.60. The fourth-order valence-electron chi connectivity index (χ4n) is 3.82. The minimum absolute atomic E-state index is 0.165. The number of carbonyl (C=O) groups excluding carboxylic acids is 1. The number of rotatable bonds is 7. The van der Waals surface area contributed by atoms with Crippen LogP contribution in [-0.2, 0) is 11.3 Å². The fraction of sp³-hybridized carbons (Fsp3) is 0.304. The van der Waals surface area contributed by atoms with Crippen molar-refractivity contribution in [3.63, 3.8) is 0 Å². The van der Waals surface area contributed by atoms with Gasteiger partial charge < -0.3 is 5.32 Å². The third kappa shape index (κ3) is 4.92. The van der Waals surface area contributed by atoms with Crippen molar-refractivity contribution in [1.82, 2.24) is 20.1 Å². The zero-order valence-corrected chi connectivity index (χ0v) is 18.5. The van der Waals surface area contributed by atoms with E-state index in [1.807, 2.05) is 59.2 Å². The summed E-state index contributed by atoms with van der Waals surface area (Å²) in [7, 11) is 0.